The van der Waals surface area contributed by atoms with E-state index in [0.29, 0.717) is 17.7 Å². The summed E-state index contributed by atoms with van der Waals surface area (Å²) in [7, 11) is 0. The van der Waals surface area contributed by atoms with Crippen molar-refractivity contribution in [3.8, 4) is 0 Å². The minimum atomic E-state index is 0.0998. The monoisotopic (exact) mass is 352 g/mol. The largest absolute Gasteiger partial charge is 0.338 e. The molecule has 0 aromatic heterocycles. The molecule has 2 atom stereocenters. The van der Waals surface area contributed by atoms with E-state index in [2.05, 4.69) is 40.1 Å². The fraction of sp³-hybridized carbons (Fsp3) is 0.609. The molecule has 1 aromatic rings. The van der Waals surface area contributed by atoms with E-state index in [1.54, 1.807) is 0 Å². The summed E-state index contributed by atoms with van der Waals surface area (Å²) in [6, 6.07) is 9.34. The molecule has 2 heterocycles. The molecule has 2 fully saturated rings. The van der Waals surface area contributed by atoms with Crippen molar-refractivity contribution in [3.63, 3.8) is 0 Å². The summed E-state index contributed by atoms with van der Waals surface area (Å²) in [5.74, 6) is 1.50. The standard InChI is InChI=1S/C23H32N2O/c1-17(2)23(26)25-15-20-9-10-21(22(20)16-25)19-7-5-18(6-8-19)11-14-24-12-3-4-13-24/h5-9,17,21-22H,3-4,10-16H2,1-2H3/t21-,22-/m0/s1. The van der Waals surface area contributed by atoms with Gasteiger partial charge in [-0.25, -0.2) is 0 Å². The van der Waals surface area contributed by atoms with Gasteiger partial charge in [0.25, 0.3) is 0 Å². The highest BCUT2D eigenvalue weighted by Crippen LogP contribution is 2.43. The molecule has 26 heavy (non-hydrogen) atoms. The van der Waals surface area contributed by atoms with Gasteiger partial charge in [-0.3, -0.25) is 4.79 Å². The lowest BCUT2D eigenvalue weighted by Crippen LogP contribution is -2.33. The predicted octanol–water partition coefficient (Wildman–Crippen LogP) is 3.85. The van der Waals surface area contributed by atoms with Crippen molar-refractivity contribution in [2.75, 3.05) is 32.7 Å². The van der Waals surface area contributed by atoms with E-state index in [-0.39, 0.29) is 5.92 Å². The predicted molar refractivity (Wildman–Crippen MR) is 106 cm³/mol. The van der Waals surface area contributed by atoms with Crippen LogP contribution >= 0.6 is 0 Å². The Morgan fingerprint density at radius 2 is 1.85 bits per heavy atom. The lowest BCUT2D eigenvalue weighted by atomic mass is 9.86. The Bertz CT molecular complexity index is 670. The molecule has 2 saturated heterocycles. The second-order valence-corrected chi connectivity index (χ2v) is 8.64. The molecule has 3 aliphatic rings. The molecule has 4 rings (SSSR count). The second-order valence-electron chi connectivity index (χ2n) is 8.64. The topological polar surface area (TPSA) is 23.6 Å². The molecule has 1 amide bonds. The fourth-order valence-electron chi connectivity index (χ4n) is 4.93. The van der Waals surface area contributed by atoms with E-state index in [0.717, 1.165) is 25.9 Å². The Morgan fingerprint density at radius 3 is 2.54 bits per heavy atom. The molecule has 0 unspecified atom stereocenters. The number of benzene rings is 1. The molecule has 0 radical (unpaired) electrons. The van der Waals surface area contributed by atoms with Gasteiger partial charge in [0.2, 0.25) is 5.91 Å². The van der Waals surface area contributed by atoms with Crippen molar-refractivity contribution in [2.24, 2.45) is 11.8 Å². The van der Waals surface area contributed by atoms with Crippen LogP contribution in [0, 0.1) is 11.8 Å². The zero-order valence-electron chi connectivity index (χ0n) is 16.3. The average molecular weight is 353 g/mol. The van der Waals surface area contributed by atoms with Gasteiger partial charge in [-0.05, 0) is 61.4 Å². The van der Waals surface area contributed by atoms with Gasteiger partial charge in [0.05, 0.1) is 0 Å². The van der Waals surface area contributed by atoms with Gasteiger partial charge in [-0.15, -0.1) is 0 Å². The highest BCUT2D eigenvalue weighted by atomic mass is 16.2. The Kier molecular flexibility index (Phi) is 5.17. The minimum Gasteiger partial charge on any atom is -0.338 e. The maximum absolute atomic E-state index is 12.3. The number of likely N-dealkylation sites (tertiary alicyclic amines) is 2. The number of carbonyl (C=O) groups excluding carboxylic acids is 1. The van der Waals surface area contributed by atoms with E-state index in [4.69, 9.17) is 0 Å². The van der Waals surface area contributed by atoms with Gasteiger partial charge in [-0.2, -0.15) is 0 Å². The zero-order chi connectivity index (χ0) is 18.1. The van der Waals surface area contributed by atoms with E-state index >= 15 is 0 Å². The third-order valence-corrected chi connectivity index (χ3v) is 6.52. The number of fused-ring (bicyclic) bond motifs is 1. The molecular weight excluding hydrogens is 320 g/mol. The number of amides is 1. The van der Waals surface area contributed by atoms with Gasteiger partial charge >= 0.3 is 0 Å². The maximum Gasteiger partial charge on any atom is 0.225 e. The third-order valence-electron chi connectivity index (χ3n) is 6.52. The Morgan fingerprint density at radius 1 is 1.12 bits per heavy atom. The summed E-state index contributed by atoms with van der Waals surface area (Å²) < 4.78 is 0. The van der Waals surface area contributed by atoms with Crippen LogP contribution in [0.2, 0.25) is 0 Å². The second kappa shape index (κ2) is 7.56. The molecule has 1 aromatic carbocycles. The first-order valence-electron chi connectivity index (χ1n) is 10.4. The quantitative estimate of drug-likeness (QED) is 0.752. The fourth-order valence-corrected chi connectivity index (χ4v) is 4.93. The SMILES string of the molecule is CC(C)C(=O)N1CC2=CC[C@@H](c3ccc(CCN4CCCC4)cc3)[C@H]2C1. The third kappa shape index (κ3) is 3.59. The minimum absolute atomic E-state index is 0.0998. The number of allylic oxidation sites excluding steroid dienone is 1. The maximum atomic E-state index is 12.3. The Labute approximate surface area is 158 Å². The molecule has 0 spiro atoms. The smallest absolute Gasteiger partial charge is 0.225 e. The summed E-state index contributed by atoms with van der Waals surface area (Å²) in [5, 5.41) is 0. The van der Waals surface area contributed by atoms with Crippen molar-refractivity contribution in [1.82, 2.24) is 9.80 Å². The van der Waals surface area contributed by atoms with Crippen LogP contribution in [0.5, 0.6) is 0 Å². The van der Waals surface area contributed by atoms with Gasteiger partial charge < -0.3 is 9.80 Å². The lowest BCUT2D eigenvalue weighted by Gasteiger charge is -2.22. The van der Waals surface area contributed by atoms with Gasteiger partial charge in [-0.1, -0.05) is 44.2 Å². The molecular formula is C23H32N2O. The van der Waals surface area contributed by atoms with Crippen LogP contribution in [0.3, 0.4) is 0 Å². The summed E-state index contributed by atoms with van der Waals surface area (Å²) in [4.78, 5) is 17.0. The summed E-state index contributed by atoms with van der Waals surface area (Å²) >= 11 is 0. The summed E-state index contributed by atoms with van der Waals surface area (Å²) in [6.45, 7) is 9.52. The number of hydrogen-bond acceptors (Lipinski definition) is 2. The molecule has 3 heteroatoms. The van der Waals surface area contributed by atoms with E-state index in [9.17, 15) is 4.79 Å². The first-order valence-corrected chi connectivity index (χ1v) is 10.4. The number of nitrogens with zero attached hydrogens (tertiary/aromatic N) is 2. The van der Waals surface area contributed by atoms with E-state index < -0.39 is 0 Å². The molecule has 2 aliphatic heterocycles. The molecule has 0 N–H and O–H groups in total. The van der Waals surface area contributed by atoms with Crippen LogP contribution in [0.1, 0.15) is 50.2 Å². The van der Waals surface area contributed by atoms with Crippen molar-refractivity contribution in [3.05, 3.63) is 47.0 Å². The van der Waals surface area contributed by atoms with Crippen LogP contribution in [0.15, 0.2) is 35.9 Å². The van der Waals surface area contributed by atoms with Crippen LogP contribution in [-0.2, 0) is 11.2 Å². The normalized spacial score (nSPS) is 25.8. The van der Waals surface area contributed by atoms with Crippen LogP contribution in [0.25, 0.3) is 0 Å². The van der Waals surface area contributed by atoms with E-state index in [1.807, 2.05) is 13.8 Å². The Balaban J connectivity index is 1.37. The molecule has 140 valence electrons. The van der Waals surface area contributed by atoms with Crippen molar-refractivity contribution in [1.29, 1.82) is 0 Å². The lowest BCUT2D eigenvalue weighted by molar-refractivity contribution is -0.133. The van der Waals surface area contributed by atoms with Crippen LogP contribution < -0.4 is 0 Å². The molecule has 0 saturated carbocycles. The number of hydrogen-bond donors (Lipinski definition) is 0. The van der Waals surface area contributed by atoms with Crippen LogP contribution in [0.4, 0.5) is 0 Å². The van der Waals surface area contributed by atoms with Crippen molar-refractivity contribution >= 4 is 5.91 Å². The summed E-state index contributed by atoms with van der Waals surface area (Å²) in [5.41, 5.74) is 4.39. The highest BCUT2D eigenvalue weighted by Gasteiger charge is 2.39. The van der Waals surface area contributed by atoms with E-state index in [1.165, 1.54) is 49.2 Å². The molecule has 3 nitrogen and oxygen atoms in total. The molecule has 1 aliphatic carbocycles. The van der Waals surface area contributed by atoms with Gasteiger partial charge in [0.15, 0.2) is 0 Å². The zero-order valence-corrected chi connectivity index (χ0v) is 16.3. The van der Waals surface area contributed by atoms with Gasteiger partial charge in [0, 0.05) is 31.5 Å². The number of carbonyl (C=O) groups is 1. The van der Waals surface area contributed by atoms with Crippen molar-refractivity contribution < 1.29 is 4.79 Å². The first kappa shape index (κ1) is 17.8. The Hall–Kier alpha value is -1.61. The highest BCUT2D eigenvalue weighted by molar-refractivity contribution is 5.79. The van der Waals surface area contributed by atoms with Gasteiger partial charge in [0.1, 0.15) is 0 Å². The molecule has 0 bridgehead atoms. The number of rotatable bonds is 5. The first-order chi connectivity index (χ1) is 12.6. The average Bonchev–Trinajstić information content (AvgIpc) is 3.36. The van der Waals surface area contributed by atoms with Crippen molar-refractivity contribution in [2.45, 2.75) is 45.4 Å². The summed E-state index contributed by atoms with van der Waals surface area (Å²) in [6.07, 6.45) is 7.43. The van der Waals surface area contributed by atoms with Crippen LogP contribution in [-0.4, -0.2) is 48.4 Å².